The third kappa shape index (κ3) is 3.27. The van der Waals surface area contributed by atoms with Crippen LogP contribution >= 0.6 is 0 Å². The van der Waals surface area contributed by atoms with Crippen molar-refractivity contribution in [1.82, 2.24) is 4.57 Å². The molecule has 2 rings (SSSR count). The maximum absolute atomic E-state index is 12.5. The Kier molecular flexibility index (Phi) is 4.81. The fourth-order valence-corrected chi connectivity index (χ4v) is 2.52. The number of rotatable bonds is 5. The van der Waals surface area contributed by atoms with Gasteiger partial charge in [-0.25, -0.2) is 0 Å². The lowest BCUT2D eigenvalue weighted by atomic mass is 10.0. The average Bonchev–Trinajstić information content (AvgIpc) is 2.46. The van der Waals surface area contributed by atoms with E-state index in [1.165, 1.54) is 11.1 Å². The van der Waals surface area contributed by atoms with Gasteiger partial charge in [0, 0.05) is 12.1 Å². The zero-order valence-electron chi connectivity index (χ0n) is 13.2. The number of aliphatic carboxylic acids is 1. The third-order valence-corrected chi connectivity index (χ3v) is 3.84. The molecule has 4 heteroatoms. The standard InChI is InChI=1S/C18H21NO3/c1-4-9-19-16(14-6-5-12(2)13(3)10-14)8-7-15(18(19)22)11-17(20)21/h5-8,10H,4,9,11H2,1-3H3,(H,20,21). The molecule has 116 valence electrons. The van der Waals surface area contributed by atoms with Crippen molar-refractivity contribution < 1.29 is 9.90 Å². The number of aromatic nitrogens is 1. The van der Waals surface area contributed by atoms with Gasteiger partial charge in [0.15, 0.2) is 0 Å². The highest BCUT2D eigenvalue weighted by Crippen LogP contribution is 2.22. The zero-order valence-corrected chi connectivity index (χ0v) is 13.2. The van der Waals surface area contributed by atoms with Crippen LogP contribution in [-0.4, -0.2) is 15.6 Å². The summed E-state index contributed by atoms with van der Waals surface area (Å²) in [7, 11) is 0. The van der Waals surface area contributed by atoms with Crippen LogP contribution in [0.2, 0.25) is 0 Å². The van der Waals surface area contributed by atoms with E-state index >= 15 is 0 Å². The summed E-state index contributed by atoms with van der Waals surface area (Å²) in [4.78, 5) is 23.4. The first-order chi connectivity index (χ1) is 10.4. The lowest BCUT2D eigenvalue weighted by Crippen LogP contribution is -2.26. The maximum Gasteiger partial charge on any atom is 0.308 e. The zero-order chi connectivity index (χ0) is 16.3. The van der Waals surface area contributed by atoms with Crippen molar-refractivity contribution in [2.75, 3.05) is 0 Å². The Morgan fingerprint density at radius 2 is 1.86 bits per heavy atom. The van der Waals surface area contributed by atoms with Gasteiger partial charge in [-0.05, 0) is 49.1 Å². The molecule has 1 heterocycles. The number of benzene rings is 1. The van der Waals surface area contributed by atoms with E-state index in [9.17, 15) is 9.59 Å². The van der Waals surface area contributed by atoms with Crippen molar-refractivity contribution >= 4 is 5.97 Å². The number of pyridine rings is 1. The molecule has 0 bridgehead atoms. The fraction of sp³-hybridized carbons (Fsp3) is 0.333. The van der Waals surface area contributed by atoms with Crippen LogP contribution in [0.3, 0.4) is 0 Å². The molecule has 0 saturated heterocycles. The molecule has 0 saturated carbocycles. The minimum atomic E-state index is -0.987. The Bertz CT molecular complexity index is 759. The van der Waals surface area contributed by atoms with Gasteiger partial charge in [0.2, 0.25) is 0 Å². The minimum absolute atomic E-state index is 0.208. The number of nitrogens with zero attached hydrogens (tertiary/aromatic N) is 1. The van der Waals surface area contributed by atoms with Crippen molar-refractivity contribution in [3.8, 4) is 11.3 Å². The molecule has 0 aliphatic heterocycles. The van der Waals surface area contributed by atoms with Crippen molar-refractivity contribution in [1.29, 1.82) is 0 Å². The molecule has 0 unspecified atom stereocenters. The van der Waals surface area contributed by atoms with E-state index in [1.54, 1.807) is 10.6 Å². The highest BCUT2D eigenvalue weighted by molar-refractivity contribution is 5.70. The highest BCUT2D eigenvalue weighted by Gasteiger charge is 2.12. The molecule has 2 aromatic rings. The molecular formula is C18H21NO3. The van der Waals surface area contributed by atoms with Gasteiger partial charge in [0.25, 0.3) is 5.56 Å². The largest absolute Gasteiger partial charge is 0.481 e. The molecule has 0 aliphatic carbocycles. The van der Waals surface area contributed by atoms with Crippen LogP contribution in [0.25, 0.3) is 11.3 Å². The molecular weight excluding hydrogens is 278 g/mol. The second kappa shape index (κ2) is 6.60. The number of hydrogen-bond acceptors (Lipinski definition) is 2. The summed E-state index contributed by atoms with van der Waals surface area (Å²) >= 11 is 0. The van der Waals surface area contributed by atoms with E-state index in [0.717, 1.165) is 17.7 Å². The van der Waals surface area contributed by atoms with Crippen LogP contribution in [0.1, 0.15) is 30.0 Å². The summed E-state index contributed by atoms with van der Waals surface area (Å²) < 4.78 is 1.68. The van der Waals surface area contributed by atoms with Gasteiger partial charge in [0.1, 0.15) is 0 Å². The molecule has 0 radical (unpaired) electrons. The molecule has 1 aromatic heterocycles. The van der Waals surface area contributed by atoms with Gasteiger partial charge in [-0.15, -0.1) is 0 Å². The molecule has 0 aliphatic rings. The van der Waals surface area contributed by atoms with Gasteiger partial charge in [-0.1, -0.05) is 25.1 Å². The van der Waals surface area contributed by atoms with Crippen LogP contribution in [-0.2, 0) is 17.8 Å². The summed E-state index contributed by atoms with van der Waals surface area (Å²) in [6, 6.07) is 9.58. The lowest BCUT2D eigenvalue weighted by Gasteiger charge is -2.15. The van der Waals surface area contributed by atoms with Crippen LogP contribution in [0.5, 0.6) is 0 Å². The molecule has 0 amide bonds. The summed E-state index contributed by atoms with van der Waals surface area (Å²) in [5, 5.41) is 8.92. The Morgan fingerprint density at radius 1 is 1.14 bits per heavy atom. The quantitative estimate of drug-likeness (QED) is 0.922. The van der Waals surface area contributed by atoms with Crippen molar-refractivity contribution in [3.05, 3.63) is 57.4 Å². The molecule has 4 nitrogen and oxygen atoms in total. The summed E-state index contributed by atoms with van der Waals surface area (Å²) in [5.74, 6) is -0.987. The van der Waals surface area contributed by atoms with E-state index in [-0.39, 0.29) is 12.0 Å². The summed E-state index contributed by atoms with van der Waals surface area (Å²) in [5.41, 5.74) is 4.31. The number of carboxylic acid groups (broad SMARTS) is 1. The Hall–Kier alpha value is -2.36. The van der Waals surface area contributed by atoms with Crippen LogP contribution in [0.15, 0.2) is 35.1 Å². The molecule has 0 fully saturated rings. The van der Waals surface area contributed by atoms with Gasteiger partial charge in [-0.3, -0.25) is 9.59 Å². The van der Waals surface area contributed by atoms with Gasteiger partial charge < -0.3 is 9.67 Å². The first kappa shape index (κ1) is 16.0. The Morgan fingerprint density at radius 3 is 2.45 bits per heavy atom. The molecule has 1 N–H and O–H groups in total. The highest BCUT2D eigenvalue weighted by atomic mass is 16.4. The van der Waals surface area contributed by atoms with E-state index in [1.807, 2.05) is 39.0 Å². The number of hydrogen-bond donors (Lipinski definition) is 1. The predicted molar refractivity (Wildman–Crippen MR) is 87.2 cm³/mol. The smallest absolute Gasteiger partial charge is 0.308 e. The predicted octanol–water partition coefficient (Wildman–Crippen LogP) is 3.17. The number of carbonyl (C=O) groups is 1. The van der Waals surface area contributed by atoms with Crippen LogP contribution < -0.4 is 5.56 Å². The number of aryl methyl sites for hydroxylation is 2. The van der Waals surface area contributed by atoms with E-state index in [2.05, 4.69) is 6.07 Å². The van der Waals surface area contributed by atoms with E-state index in [0.29, 0.717) is 12.1 Å². The fourth-order valence-electron chi connectivity index (χ4n) is 2.52. The Balaban J connectivity index is 2.60. The first-order valence-electron chi connectivity index (χ1n) is 7.46. The molecule has 1 aromatic carbocycles. The van der Waals surface area contributed by atoms with E-state index < -0.39 is 5.97 Å². The van der Waals surface area contributed by atoms with Gasteiger partial charge in [-0.2, -0.15) is 0 Å². The molecule has 0 atom stereocenters. The second-order valence-electron chi connectivity index (χ2n) is 5.57. The third-order valence-electron chi connectivity index (χ3n) is 3.84. The molecule has 0 spiro atoms. The first-order valence-corrected chi connectivity index (χ1v) is 7.46. The lowest BCUT2D eigenvalue weighted by molar-refractivity contribution is -0.136. The minimum Gasteiger partial charge on any atom is -0.481 e. The summed E-state index contributed by atoms with van der Waals surface area (Å²) in [6.07, 6.45) is 0.573. The molecule has 22 heavy (non-hydrogen) atoms. The van der Waals surface area contributed by atoms with Crippen molar-refractivity contribution in [3.63, 3.8) is 0 Å². The second-order valence-corrected chi connectivity index (χ2v) is 5.57. The van der Waals surface area contributed by atoms with Crippen molar-refractivity contribution in [2.24, 2.45) is 0 Å². The van der Waals surface area contributed by atoms with Crippen LogP contribution in [0, 0.1) is 13.8 Å². The van der Waals surface area contributed by atoms with Crippen molar-refractivity contribution in [2.45, 2.75) is 40.2 Å². The summed E-state index contributed by atoms with van der Waals surface area (Å²) in [6.45, 7) is 6.67. The Labute approximate surface area is 130 Å². The van der Waals surface area contributed by atoms with E-state index in [4.69, 9.17) is 5.11 Å². The number of carboxylic acids is 1. The monoisotopic (exact) mass is 299 g/mol. The normalized spacial score (nSPS) is 10.7. The SMILES string of the molecule is CCCn1c(-c2ccc(C)c(C)c2)ccc(CC(=O)O)c1=O. The average molecular weight is 299 g/mol. The maximum atomic E-state index is 12.5. The van der Waals surface area contributed by atoms with Gasteiger partial charge in [0.05, 0.1) is 12.1 Å². The topological polar surface area (TPSA) is 59.3 Å². The van der Waals surface area contributed by atoms with Crippen LogP contribution in [0.4, 0.5) is 0 Å². The van der Waals surface area contributed by atoms with Gasteiger partial charge >= 0.3 is 5.97 Å².